The molecule has 0 unspecified atom stereocenters. The summed E-state index contributed by atoms with van der Waals surface area (Å²) in [6.45, 7) is 23.1. The van der Waals surface area contributed by atoms with E-state index < -0.39 is 0 Å². The molecule has 4 heteroatoms. The van der Waals surface area contributed by atoms with Gasteiger partial charge in [-0.3, -0.25) is 0 Å². The highest BCUT2D eigenvalue weighted by Crippen LogP contribution is 2.52. The van der Waals surface area contributed by atoms with Crippen LogP contribution >= 0.6 is 0 Å². The lowest BCUT2D eigenvalue weighted by molar-refractivity contribution is 0.589. The molecule has 0 aliphatic carbocycles. The summed E-state index contributed by atoms with van der Waals surface area (Å²) >= 11 is 0. The lowest BCUT2D eigenvalue weighted by Gasteiger charge is -2.42. The second kappa shape index (κ2) is 12.9. The van der Waals surface area contributed by atoms with Gasteiger partial charge in [-0.25, -0.2) is 0 Å². The molecule has 4 heterocycles. The van der Waals surface area contributed by atoms with Crippen molar-refractivity contribution in [2.75, 3.05) is 4.90 Å². The Bertz CT molecular complexity index is 3250. The van der Waals surface area contributed by atoms with E-state index in [4.69, 9.17) is 4.42 Å². The largest absolute Gasteiger partial charge is 0.456 e. The molecule has 3 nitrogen and oxygen atoms in total. The number of hydrogen-bond acceptors (Lipinski definition) is 2. The van der Waals surface area contributed by atoms with Gasteiger partial charge in [-0.1, -0.05) is 153 Å². The molecular formula is C57H53BN2O. The van der Waals surface area contributed by atoms with Crippen LogP contribution in [0.3, 0.4) is 0 Å². The Kier molecular flexibility index (Phi) is 7.96. The number of hydrogen-bond donors (Lipinski definition) is 0. The number of para-hydroxylation sites is 1. The second-order valence-corrected chi connectivity index (χ2v) is 20.7. The van der Waals surface area contributed by atoms with Gasteiger partial charge in [-0.2, -0.15) is 0 Å². The first kappa shape index (κ1) is 37.7. The molecule has 2 aromatic heterocycles. The Labute approximate surface area is 360 Å². The van der Waals surface area contributed by atoms with Crippen LogP contribution in [-0.4, -0.2) is 11.3 Å². The molecule has 0 atom stereocenters. The van der Waals surface area contributed by atoms with Crippen LogP contribution in [0.5, 0.6) is 0 Å². The number of aryl methyl sites for hydroxylation is 1. The third-order valence-electron chi connectivity index (χ3n) is 13.6. The molecule has 0 bridgehead atoms. The molecule has 11 rings (SSSR count). The molecule has 0 saturated heterocycles. The third kappa shape index (κ3) is 5.64. The quantitative estimate of drug-likeness (QED) is 0.166. The summed E-state index contributed by atoms with van der Waals surface area (Å²) in [7, 11) is 0. The molecule has 300 valence electrons. The molecule has 2 aliphatic heterocycles. The fourth-order valence-corrected chi connectivity index (χ4v) is 10.2. The second-order valence-electron chi connectivity index (χ2n) is 20.7. The van der Waals surface area contributed by atoms with Crippen molar-refractivity contribution < 1.29 is 4.42 Å². The summed E-state index contributed by atoms with van der Waals surface area (Å²) in [5.74, 6) is 0. The highest BCUT2D eigenvalue weighted by molar-refractivity contribution is 6.90. The van der Waals surface area contributed by atoms with Crippen molar-refractivity contribution in [3.8, 4) is 33.5 Å². The normalized spacial score (nSPS) is 13.7. The average molecular weight is 793 g/mol. The molecule has 0 N–H and O–H groups in total. The van der Waals surface area contributed by atoms with Gasteiger partial charge in [0.25, 0.3) is 0 Å². The highest BCUT2D eigenvalue weighted by atomic mass is 16.3. The first-order valence-electron chi connectivity index (χ1n) is 22.0. The standard InChI is InChI=1S/C57H53BN2O/c1-34-18-14-15-21-40(34)51-45-30-37(56(5,6)7)29-44-43-28-38(57(8,9)10)31-48-52(43)58(60(54(44)45)53(51)35-19-12-11-13-20-35)46-33-50-42(41-22-16-17-23-49(41)61-50)32-47(46)59(48)39-26-24-36(25-27-39)55(2,3)4/h11-33H,1-10H3. The highest BCUT2D eigenvalue weighted by Gasteiger charge is 2.45. The first-order valence-corrected chi connectivity index (χ1v) is 22.0. The van der Waals surface area contributed by atoms with Crippen LogP contribution in [0.2, 0.25) is 0 Å². The molecule has 0 spiro atoms. The Morgan fingerprint density at radius 3 is 1.84 bits per heavy atom. The maximum atomic E-state index is 6.78. The summed E-state index contributed by atoms with van der Waals surface area (Å²) in [6.07, 6.45) is 0. The summed E-state index contributed by atoms with van der Waals surface area (Å²) in [5, 5.41) is 3.57. The fourth-order valence-electron chi connectivity index (χ4n) is 10.2. The number of anilines is 3. The molecule has 0 amide bonds. The van der Waals surface area contributed by atoms with Gasteiger partial charge >= 0.3 is 6.85 Å². The van der Waals surface area contributed by atoms with Crippen molar-refractivity contribution in [1.82, 2.24) is 4.48 Å². The van der Waals surface area contributed by atoms with Crippen LogP contribution in [0.15, 0.2) is 144 Å². The van der Waals surface area contributed by atoms with Crippen LogP contribution < -0.4 is 15.8 Å². The minimum atomic E-state index is -0.139. The zero-order valence-corrected chi connectivity index (χ0v) is 37.2. The topological polar surface area (TPSA) is 21.3 Å². The molecule has 9 aromatic rings. The predicted molar refractivity (Wildman–Crippen MR) is 261 cm³/mol. The molecule has 0 radical (unpaired) electrons. The van der Waals surface area contributed by atoms with E-state index in [0.29, 0.717) is 0 Å². The van der Waals surface area contributed by atoms with Crippen LogP contribution in [0.25, 0.3) is 66.4 Å². The monoisotopic (exact) mass is 792 g/mol. The lowest BCUT2D eigenvalue weighted by atomic mass is 9.44. The number of furan rings is 1. The van der Waals surface area contributed by atoms with Crippen LogP contribution in [0.4, 0.5) is 17.1 Å². The zero-order valence-electron chi connectivity index (χ0n) is 37.2. The van der Waals surface area contributed by atoms with E-state index in [1.54, 1.807) is 0 Å². The van der Waals surface area contributed by atoms with Gasteiger partial charge in [-0.15, -0.1) is 0 Å². The van der Waals surface area contributed by atoms with Crippen molar-refractivity contribution in [1.29, 1.82) is 0 Å². The van der Waals surface area contributed by atoms with E-state index in [0.717, 1.165) is 27.6 Å². The van der Waals surface area contributed by atoms with E-state index in [1.807, 2.05) is 0 Å². The Balaban J connectivity index is 1.37. The maximum Gasteiger partial charge on any atom is 0.333 e. The fraction of sp³-hybridized carbons (Fsp3) is 0.228. The molecule has 7 aromatic carbocycles. The Hall–Kier alpha value is -6.26. The van der Waals surface area contributed by atoms with Crippen molar-refractivity contribution in [3.05, 3.63) is 162 Å². The predicted octanol–water partition coefficient (Wildman–Crippen LogP) is 14.5. The summed E-state index contributed by atoms with van der Waals surface area (Å²) in [4.78, 5) is 2.57. The first-order chi connectivity index (χ1) is 29.1. The van der Waals surface area contributed by atoms with Gasteiger partial charge in [0.15, 0.2) is 0 Å². The van der Waals surface area contributed by atoms with E-state index in [9.17, 15) is 0 Å². The zero-order chi connectivity index (χ0) is 42.3. The molecular weight excluding hydrogens is 739 g/mol. The number of fused-ring (bicyclic) bond motifs is 7. The van der Waals surface area contributed by atoms with Crippen molar-refractivity contribution in [2.24, 2.45) is 0 Å². The van der Waals surface area contributed by atoms with Crippen molar-refractivity contribution >= 4 is 67.7 Å². The summed E-state index contributed by atoms with van der Waals surface area (Å²) in [6, 6.07) is 52.8. The molecule has 61 heavy (non-hydrogen) atoms. The van der Waals surface area contributed by atoms with Gasteiger partial charge in [0.05, 0.1) is 0 Å². The van der Waals surface area contributed by atoms with Crippen molar-refractivity contribution in [3.63, 3.8) is 0 Å². The number of aromatic nitrogens is 1. The van der Waals surface area contributed by atoms with Gasteiger partial charge in [-0.05, 0) is 122 Å². The van der Waals surface area contributed by atoms with E-state index in [2.05, 4.69) is 218 Å². The van der Waals surface area contributed by atoms with Crippen LogP contribution in [0.1, 0.15) is 84.6 Å². The van der Waals surface area contributed by atoms with E-state index >= 15 is 0 Å². The summed E-state index contributed by atoms with van der Waals surface area (Å²) in [5.41, 5.74) is 22.0. The number of nitrogens with zero attached hydrogens (tertiary/aromatic N) is 2. The van der Waals surface area contributed by atoms with Gasteiger partial charge in [0, 0.05) is 55.6 Å². The van der Waals surface area contributed by atoms with Crippen LogP contribution in [0, 0.1) is 6.92 Å². The minimum Gasteiger partial charge on any atom is -0.456 e. The minimum absolute atomic E-state index is 0.0353. The van der Waals surface area contributed by atoms with Crippen molar-refractivity contribution in [2.45, 2.75) is 85.5 Å². The molecule has 2 aliphatic rings. The van der Waals surface area contributed by atoms with Crippen LogP contribution in [-0.2, 0) is 16.2 Å². The lowest BCUT2D eigenvalue weighted by Crippen LogP contribution is -2.57. The van der Waals surface area contributed by atoms with E-state index in [-0.39, 0.29) is 23.1 Å². The maximum absolute atomic E-state index is 6.78. The van der Waals surface area contributed by atoms with Gasteiger partial charge in [0.2, 0.25) is 0 Å². The number of rotatable bonds is 3. The molecule has 0 saturated carbocycles. The van der Waals surface area contributed by atoms with Gasteiger partial charge in [0.1, 0.15) is 11.2 Å². The summed E-state index contributed by atoms with van der Waals surface area (Å²) < 4.78 is 9.51. The Morgan fingerprint density at radius 1 is 0.492 bits per heavy atom. The third-order valence-corrected chi connectivity index (χ3v) is 13.6. The Morgan fingerprint density at radius 2 is 1.13 bits per heavy atom. The van der Waals surface area contributed by atoms with E-state index in [1.165, 1.54) is 89.0 Å². The SMILES string of the molecule is Cc1ccccc1-c1c(-c2ccccc2)n2c3c(cc(C(C)(C)C)cc13)-c1cc(C(C)(C)C)cc3c1B2c1cc2oc4ccccc4c2cc1N3c1ccc(C(C)(C)C)cc1. The smallest absolute Gasteiger partial charge is 0.333 e. The molecule has 0 fully saturated rings. The average Bonchev–Trinajstić information content (AvgIpc) is 3.76. The van der Waals surface area contributed by atoms with Gasteiger partial charge < -0.3 is 13.8 Å². The number of benzene rings is 7.